The number of rotatable bonds is 6. The van der Waals surface area contributed by atoms with Crippen LogP contribution in [-0.4, -0.2) is 43.2 Å². The Morgan fingerprint density at radius 2 is 2.04 bits per heavy atom. The quantitative estimate of drug-likeness (QED) is 0.815. The van der Waals surface area contributed by atoms with Crippen molar-refractivity contribution in [3.8, 4) is 5.75 Å². The van der Waals surface area contributed by atoms with Crippen molar-refractivity contribution in [2.24, 2.45) is 10.9 Å². The first kappa shape index (κ1) is 16.3. The highest BCUT2D eigenvalue weighted by Crippen LogP contribution is 2.38. The van der Waals surface area contributed by atoms with Crippen molar-refractivity contribution in [1.82, 2.24) is 0 Å². The van der Waals surface area contributed by atoms with E-state index in [0.29, 0.717) is 17.9 Å². The highest BCUT2D eigenvalue weighted by atomic mass is 16.5. The molecule has 0 bridgehead atoms. The zero-order chi connectivity index (χ0) is 16.2. The molecule has 126 valence electrons. The third-order valence-electron chi connectivity index (χ3n) is 5.00. The largest absolute Gasteiger partial charge is 0.507 e. The standard InChI is InChI=1S/C19H28N2O2/c1-3-21(4-2)17-8-7-15(18(22)12-17)13-20-16-9-10-23-19(11-16)14-5-6-14/h7-8,12-14,16,19,22H,3-6,9-11H2,1-2H3. The first-order valence-corrected chi connectivity index (χ1v) is 8.94. The maximum Gasteiger partial charge on any atom is 0.126 e. The van der Waals surface area contributed by atoms with Gasteiger partial charge in [-0.25, -0.2) is 0 Å². The van der Waals surface area contributed by atoms with Gasteiger partial charge in [-0.15, -0.1) is 0 Å². The van der Waals surface area contributed by atoms with Crippen molar-refractivity contribution < 1.29 is 9.84 Å². The summed E-state index contributed by atoms with van der Waals surface area (Å²) in [4.78, 5) is 6.93. The number of anilines is 1. The zero-order valence-corrected chi connectivity index (χ0v) is 14.2. The fourth-order valence-corrected chi connectivity index (χ4v) is 3.35. The normalized spacial score (nSPS) is 25.0. The number of ether oxygens (including phenoxy) is 1. The molecule has 3 rings (SSSR count). The lowest BCUT2D eigenvalue weighted by Gasteiger charge is -2.27. The summed E-state index contributed by atoms with van der Waals surface area (Å²) in [6, 6.07) is 6.19. The van der Waals surface area contributed by atoms with Crippen molar-refractivity contribution in [2.45, 2.75) is 51.7 Å². The molecule has 1 aliphatic heterocycles. The van der Waals surface area contributed by atoms with E-state index in [1.165, 1.54) is 12.8 Å². The van der Waals surface area contributed by atoms with Crippen molar-refractivity contribution in [1.29, 1.82) is 0 Å². The number of aliphatic imine (C=N–C) groups is 1. The third-order valence-corrected chi connectivity index (χ3v) is 5.00. The van der Waals surface area contributed by atoms with Crippen molar-refractivity contribution in [2.75, 3.05) is 24.6 Å². The molecule has 1 heterocycles. The van der Waals surface area contributed by atoms with Crippen molar-refractivity contribution in [3.63, 3.8) is 0 Å². The van der Waals surface area contributed by atoms with Crippen LogP contribution in [0.2, 0.25) is 0 Å². The van der Waals surface area contributed by atoms with E-state index in [-0.39, 0.29) is 0 Å². The second-order valence-corrected chi connectivity index (χ2v) is 6.62. The Balaban J connectivity index is 1.64. The number of phenolic OH excluding ortho intramolecular Hbond substituents is 1. The summed E-state index contributed by atoms with van der Waals surface area (Å²) in [7, 11) is 0. The molecule has 4 nitrogen and oxygen atoms in total. The van der Waals surface area contributed by atoms with E-state index in [1.54, 1.807) is 0 Å². The second-order valence-electron chi connectivity index (χ2n) is 6.62. The Morgan fingerprint density at radius 1 is 1.26 bits per heavy atom. The van der Waals surface area contributed by atoms with Gasteiger partial charge in [-0.1, -0.05) is 0 Å². The van der Waals surface area contributed by atoms with E-state index >= 15 is 0 Å². The molecule has 2 fully saturated rings. The molecule has 1 aromatic rings. The molecule has 2 aliphatic rings. The van der Waals surface area contributed by atoms with Crippen LogP contribution in [0, 0.1) is 5.92 Å². The molecule has 23 heavy (non-hydrogen) atoms. The SMILES string of the molecule is CCN(CC)c1ccc(C=NC2CCOC(C3CC3)C2)c(O)c1. The van der Waals surface area contributed by atoms with Crippen LogP contribution in [0.3, 0.4) is 0 Å². The van der Waals surface area contributed by atoms with Crippen LogP contribution in [0.15, 0.2) is 23.2 Å². The topological polar surface area (TPSA) is 45.1 Å². The number of benzene rings is 1. The average molecular weight is 316 g/mol. The Morgan fingerprint density at radius 3 is 2.70 bits per heavy atom. The lowest BCUT2D eigenvalue weighted by molar-refractivity contribution is -0.00465. The minimum absolute atomic E-state index is 0.309. The van der Waals surface area contributed by atoms with Crippen LogP contribution in [0.25, 0.3) is 0 Å². The molecule has 2 atom stereocenters. The first-order chi connectivity index (χ1) is 11.2. The average Bonchev–Trinajstić information content (AvgIpc) is 3.40. The van der Waals surface area contributed by atoms with Gasteiger partial charge in [0.2, 0.25) is 0 Å². The molecule has 0 spiro atoms. The van der Waals surface area contributed by atoms with Gasteiger partial charge in [0.1, 0.15) is 5.75 Å². The summed E-state index contributed by atoms with van der Waals surface area (Å²) in [6.45, 7) is 6.94. The van der Waals surface area contributed by atoms with E-state index in [9.17, 15) is 5.11 Å². The van der Waals surface area contributed by atoms with Crippen LogP contribution in [0.5, 0.6) is 5.75 Å². The molecule has 1 saturated heterocycles. The fourth-order valence-electron chi connectivity index (χ4n) is 3.35. The maximum atomic E-state index is 10.3. The predicted octanol–water partition coefficient (Wildman–Crippen LogP) is 3.61. The van der Waals surface area contributed by atoms with Crippen LogP contribution in [0.4, 0.5) is 5.69 Å². The molecule has 2 unspecified atom stereocenters. The van der Waals surface area contributed by atoms with Crippen LogP contribution >= 0.6 is 0 Å². The predicted molar refractivity (Wildman–Crippen MR) is 94.7 cm³/mol. The molecular weight excluding hydrogens is 288 g/mol. The van der Waals surface area contributed by atoms with Crippen LogP contribution in [-0.2, 0) is 4.74 Å². The molecular formula is C19H28N2O2. The summed E-state index contributed by atoms with van der Waals surface area (Å²) >= 11 is 0. The smallest absolute Gasteiger partial charge is 0.126 e. The molecule has 0 aromatic heterocycles. The molecule has 4 heteroatoms. The number of nitrogens with zero attached hydrogens (tertiary/aromatic N) is 2. The van der Waals surface area contributed by atoms with Gasteiger partial charge in [-0.2, -0.15) is 0 Å². The number of hydrogen-bond acceptors (Lipinski definition) is 4. The van der Waals surface area contributed by atoms with E-state index < -0.39 is 0 Å². The van der Waals surface area contributed by atoms with E-state index in [1.807, 2.05) is 18.3 Å². The molecule has 1 saturated carbocycles. The van der Waals surface area contributed by atoms with Gasteiger partial charge in [0.15, 0.2) is 0 Å². The zero-order valence-electron chi connectivity index (χ0n) is 14.2. The van der Waals surface area contributed by atoms with Gasteiger partial charge in [-0.05, 0) is 57.6 Å². The summed E-state index contributed by atoms with van der Waals surface area (Å²) in [5, 5.41) is 10.3. The van der Waals surface area contributed by atoms with E-state index in [2.05, 4.69) is 24.8 Å². The van der Waals surface area contributed by atoms with Gasteiger partial charge in [0.05, 0.1) is 12.1 Å². The summed E-state index contributed by atoms with van der Waals surface area (Å²) in [5.74, 6) is 1.08. The van der Waals surface area contributed by atoms with Crippen LogP contribution in [0.1, 0.15) is 45.1 Å². The van der Waals surface area contributed by atoms with E-state index in [0.717, 1.165) is 49.7 Å². The molecule has 1 aromatic carbocycles. The number of phenols is 1. The Labute approximate surface area is 139 Å². The Bertz CT molecular complexity index is 550. The number of aromatic hydroxyl groups is 1. The summed E-state index contributed by atoms with van der Waals surface area (Å²) in [6.07, 6.45) is 6.88. The summed E-state index contributed by atoms with van der Waals surface area (Å²) < 4.78 is 5.85. The highest BCUT2D eigenvalue weighted by molar-refractivity contribution is 5.84. The minimum Gasteiger partial charge on any atom is -0.507 e. The summed E-state index contributed by atoms with van der Waals surface area (Å²) in [5.41, 5.74) is 1.86. The van der Waals surface area contributed by atoms with Gasteiger partial charge in [0, 0.05) is 43.2 Å². The molecule has 0 radical (unpaired) electrons. The van der Waals surface area contributed by atoms with Gasteiger partial charge < -0.3 is 14.7 Å². The Hall–Kier alpha value is -1.55. The molecule has 0 amide bonds. The van der Waals surface area contributed by atoms with Crippen LogP contribution < -0.4 is 4.90 Å². The number of hydrogen-bond donors (Lipinski definition) is 1. The van der Waals surface area contributed by atoms with Gasteiger partial charge >= 0.3 is 0 Å². The van der Waals surface area contributed by atoms with Gasteiger partial charge in [-0.3, -0.25) is 4.99 Å². The van der Waals surface area contributed by atoms with Gasteiger partial charge in [0.25, 0.3) is 0 Å². The van der Waals surface area contributed by atoms with E-state index in [4.69, 9.17) is 9.73 Å². The minimum atomic E-state index is 0.309. The second kappa shape index (κ2) is 7.35. The third kappa shape index (κ3) is 4.05. The highest BCUT2D eigenvalue weighted by Gasteiger charge is 2.35. The fraction of sp³-hybridized carbons (Fsp3) is 0.632. The first-order valence-electron chi connectivity index (χ1n) is 8.94. The monoisotopic (exact) mass is 316 g/mol. The maximum absolute atomic E-state index is 10.3. The molecule has 1 N–H and O–H groups in total. The van der Waals surface area contributed by atoms with Crippen molar-refractivity contribution in [3.05, 3.63) is 23.8 Å². The lowest BCUT2D eigenvalue weighted by atomic mass is 10.0. The Kier molecular flexibility index (Phi) is 5.21. The molecule has 1 aliphatic carbocycles. The van der Waals surface area contributed by atoms with Crippen molar-refractivity contribution >= 4 is 11.9 Å². The lowest BCUT2D eigenvalue weighted by Crippen LogP contribution is -2.29.